The molecule has 2 atom stereocenters. The summed E-state index contributed by atoms with van der Waals surface area (Å²) in [6, 6.07) is 6.93. The van der Waals surface area contributed by atoms with Gasteiger partial charge in [0, 0.05) is 19.4 Å². The minimum Gasteiger partial charge on any atom is -0.480 e. The van der Waals surface area contributed by atoms with Gasteiger partial charge in [-0.25, -0.2) is 4.79 Å². The monoisotopic (exact) mass is 277 g/mol. The molecule has 1 heterocycles. The van der Waals surface area contributed by atoms with Crippen molar-refractivity contribution < 1.29 is 19.8 Å². The van der Waals surface area contributed by atoms with Crippen molar-refractivity contribution in [2.24, 2.45) is 0 Å². The van der Waals surface area contributed by atoms with Crippen LogP contribution in [0.15, 0.2) is 24.3 Å². The van der Waals surface area contributed by atoms with Crippen molar-refractivity contribution in [3.05, 3.63) is 35.4 Å². The molecule has 0 saturated carbocycles. The predicted molar refractivity (Wildman–Crippen MR) is 73.3 cm³/mol. The van der Waals surface area contributed by atoms with Gasteiger partial charge in [-0.05, 0) is 24.5 Å². The van der Waals surface area contributed by atoms with Crippen molar-refractivity contribution in [3.8, 4) is 0 Å². The molecule has 5 heteroatoms. The van der Waals surface area contributed by atoms with E-state index in [4.69, 9.17) is 5.11 Å². The highest BCUT2D eigenvalue weighted by molar-refractivity contribution is 5.84. The summed E-state index contributed by atoms with van der Waals surface area (Å²) < 4.78 is 0. The lowest BCUT2D eigenvalue weighted by Gasteiger charge is -2.21. The molecule has 2 N–H and O–H groups in total. The topological polar surface area (TPSA) is 77.8 Å². The molecule has 0 aromatic heterocycles. The number of likely N-dealkylation sites (tertiary alicyclic amines) is 1. The summed E-state index contributed by atoms with van der Waals surface area (Å²) in [5.41, 5.74) is 2.21. The first-order valence-corrected chi connectivity index (χ1v) is 6.74. The van der Waals surface area contributed by atoms with E-state index in [1.807, 2.05) is 31.2 Å². The molecule has 2 unspecified atom stereocenters. The van der Waals surface area contributed by atoms with E-state index in [2.05, 4.69) is 0 Å². The molecule has 1 fully saturated rings. The van der Waals surface area contributed by atoms with Gasteiger partial charge in [0.2, 0.25) is 5.91 Å². The van der Waals surface area contributed by atoms with Crippen LogP contribution in [0.25, 0.3) is 0 Å². The van der Waals surface area contributed by atoms with E-state index in [1.165, 1.54) is 4.90 Å². The van der Waals surface area contributed by atoms with Crippen molar-refractivity contribution in [1.29, 1.82) is 0 Å². The zero-order chi connectivity index (χ0) is 14.7. The Labute approximate surface area is 117 Å². The molecule has 1 aromatic carbocycles. The van der Waals surface area contributed by atoms with Gasteiger partial charge in [-0.1, -0.05) is 24.3 Å². The van der Waals surface area contributed by atoms with Crippen LogP contribution in [0.1, 0.15) is 24.0 Å². The largest absolute Gasteiger partial charge is 0.480 e. The second-order valence-corrected chi connectivity index (χ2v) is 5.22. The summed E-state index contributed by atoms with van der Waals surface area (Å²) in [5, 5.41) is 18.6. The molecular weight excluding hydrogens is 258 g/mol. The van der Waals surface area contributed by atoms with E-state index < -0.39 is 18.1 Å². The molecule has 1 aliphatic heterocycles. The summed E-state index contributed by atoms with van der Waals surface area (Å²) >= 11 is 0. The lowest BCUT2D eigenvalue weighted by Crippen LogP contribution is -2.40. The number of carbonyl (C=O) groups excluding carboxylic acids is 1. The van der Waals surface area contributed by atoms with Crippen LogP contribution in [0, 0.1) is 6.92 Å². The third-order valence-electron chi connectivity index (χ3n) is 3.75. The van der Waals surface area contributed by atoms with E-state index in [9.17, 15) is 14.7 Å². The van der Waals surface area contributed by atoms with Gasteiger partial charge in [0.05, 0.1) is 6.10 Å². The molecule has 1 aromatic rings. The highest BCUT2D eigenvalue weighted by Crippen LogP contribution is 2.20. The number of aliphatic hydroxyl groups excluding tert-OH is 1. The highest BCUT2D eigenvalue weighted by atomic mass is 16.4. The van der Waals surface area contributed by atoms with E-state index in [-0.39, 0.29) is 25.3 Å². The third-order valence-corrected chi connectivity index (χ3v) is 3.75. The maximum Gasteiger partial charge on any atom is 0.326 e. The molecule has 0 spiro atoms. The minimum absolute atomic E-state index is 0.115. The number of carboxylic acids is 1. The predicted octanol–water partition coefficient (Wildman–Crippen LogP) is 0.974. The fourth-order valence-corrected chi connectivity index (χ4v) is 2.60. The van der Waals surface area contributed by atoms with Gasteiger partial charge in [0.15, 0.2) is 0 Å². The van der Waals surface area contributed by atoms with Crippen LogP contribution in [0.2, 0.25) is 0 Å². The van der Waals surface area contributed by atoms with E-state index in [0.717, 1.165) is 11.1 Å². The molecule has 0 bridgehead atoms. The highest BCUT2D eigenvalue weighted by Gasteiger charge is 2.38. The lowest BCUT2D eigenvalue weighted by molar-refractivity contribution is -0.148. The van der Waals surface area contributed by atoms with Crippen LogP contribution >= 0.6 is 0 Å². The van der Waals surface area contributed by atoms with Gasteiger partial charge in [0.1, 0.15) is 6.04 Å². The van der Waals surface area contributed by atoms with Gasteiger partial charge < -0.3 is 15.1 Å². The third kappa shape index (κ3) is 3.17. The van der Waals surface area contributed by atoms with Crippen LogP contribution in [0.4, 0.5) is 0 Å². The second-order valence-electron chi connectivity index (χ2n) is 5.22. The van der Waals surface area contributed by atoms with E-state index in [0.29, 0.717) is 6.42 Å². The number of benzene rings is 1. The van der Waals surface area contributed by atoms with Gasteiger partial charge in [-0.15, -0.1) is 0 Å². The molecule has 20 heavy (non-hydrogen) atoms. The lowest BCUT2D eigenvalue weighted by atomic mass is 10.0. The number of β-amino-alcohol motifs (C(OH)–C–C–N with tert-alkyl or cyclic N) is 1. The molecule has 0 radical (unpaired) electrons. The Morgan fingerprint density at radius 2 is 2.05 bits per heavy atom. The SMILES string of the molecule is Cc1ccccc1CCC(=O)N1CC(O)CC1C(=O)O. The number of carbonyl (C=O) groups is 2. The number of amides is 1. The maximum atomic E-state index is 12.1. The van der Waals surface area contributed by atoms with Crippen molar-refractivity contribution in [3.63, 3.8) is 0 Å². The average molecular weight is 277 g/mol. The van der Waals surface area contributed by atoms with Crippen LogP contribution < -0.4 is 0 Å². The molecule has 1 amide bonds. The van der Waals surface area contributed by atoms with Crippen LogP contribution in [-0.2, 0) is 16.0 Å². The standard InChI is InChI=1S/C15H19NO4/c1-10-4-2-3-5-11(10)6-7-14(18)16-9-12(17)8-13(16)15(19)20/h2-5,12-13,17H,6-9H2,1H3,(H,19,20). The molecular formula is C15H19NO4. The molecule has 1 saturated heterocycles. The van der Waals surface area contributed by atoms with Crippen LogP contribution in [-0.4, -0.2) is 45.7 Å². The summed E-state index contributed by atoms with van der Waals surface area (Å²) in [4.78, 5) is 24.5. The smallest absolute Gasteiger partial charge is 0.326 e. The normalized spacial score (nSPS) is 22.0. The maximum absolute atomic E-state index is 12.1. The number of nitrogens with zero attached hydrogens (tertiary/aromatic N) is 1. The second kappa shape index (κ2) is 6.05. The molecule has 1 aliphatic rings. The van der Waals surface area contributed by atoms with Crippen molar-refractivity contribution in [1.82, 2.24) is 4.90 Å². The Morgan fingerprint density at radius 3 is 2.70 bits per heavy atom. The summed E-state index contributed by atoms with van der Waals surface area (Å²) in [5.74, 6) is -1.26. The first kappa shape index (κ1) is 14.5. The molecule has 0 aliphatic carbocycles. The average Bonchev–Trinajstić information content (AvgIpc) is 2.80. The van der Waals surface area contributed by atoms with Gasteiger partial charge >= 0.3 is 5.97 Å². The van der Waals surface area contributed by atoms with Gasteiger partial charge in [0.25, 0.3) is 0 Å². The minimum atomic E-state index is -1.05. The Balaban J connectivity index is 1.98. The number of aryl methyl sites for hydroxylation is 2. The number of rotatable bonds is 4. The van der Waals surface area contributed by atoms with E-state index in [1.54, 1.807) is 0 Å². The molecule has 5 nitrogen and oxygen atoms in total. The Bertz CT molecular complexity index is 514. The van der Waals surface area contributed by atoms with E-state index >= 15 is 0 Å². The number of aliphatic carboxylic acids is 1. The van der Waals surface area contributed by atoms with Crippen molar-refractivity contribution in [2.75, 3.05) is 6.54 Å². The Kier molecular flexibility index (Phi) is 4.39. The summed E-state index contributed by atoms with van der Waals surface area (Å²) in [6.07, 6.45) is 0.232. The molecule has 108 valence electrons. The zero-order valence-corrected chi connectivity index (χ0v) is 11.5. The molecule has 2 rings (SSSR count). The zero-order valence-electron chi connectivity index (χ0n) is 11.5. The van der Waals surface area contributed by atoms with Crippen LogP contribution in [0.3, 0.4) is 0 Å². The number of hydrogen-bond donors (Lipinski definition) is 2. The summed E-state index contributed by atoms with van der Waals surface area (Å²) in [6.45, 7) is 2.10. The van der Waals surface area contributed by atoms with Crippen LogP contribution in [0.5, 0.6) is 0 Å². The quantitative estimate of drug-likeness (QED) is 0.859. The number of carboxylic acid groups (broad SMARTS) is 1. The Hall–Kier alpha value is -1.88. The van der Waals surface area contributed by atoms with Gasteiger partial charge in [-0.2, -0.15) is 0 Å². The Morgan fingerprint density at radius 1 is 1.35 bits per heavy atom. The first-order valence-electron chi connectivity index (χ1n) is 6.74. The first-order chi connectivity index (χ1) is 9.49. The van der Waals surface area contributed by atoms with Crippen molar-refractivity contribution in [2.45, 2.75) is 38.3 Å². The van der Waals surface area contributed by atoms with Gasteiger partial charge in [-0.3, -0.25) is 4.79 Å². The fourth-order valence-electron chi connectivity index (χ4n) is 2.60. The summed E-state index contributed by atoms with van der Waals surface area (Å²) in [7, 11) is 0. The number of hydrogen-bond acceptors (Lipinski definition) is 3. The number of aliphatic hydroxyl groups is 1. The fraction of sp³-hybridized carbons (Fsp3) is 0.467. The van der Waals surface area contributed by atoms with Crippen molar-refractivity contribution >= 4 is 11.9 Å².